The lowest BCUT2D eigenvalue weighted by Gasteiger charge is -2.19. The van der Waals surface area contributed by atoms with Crippen LogP contribution in [0.4, 0.5) is 4.39 Å². The molecule has 1 aromatic carbocycles. The Morgan fingerprint density at radius 2 is 2.06 bits per heavy atom. The highest BCUT2D eigenvalue weighted by Crippen LogP contribution is 2.30. The summed E-state index contributed by atoms with van der Waals surface area (Å²) >= 11 is 0. The molecule has 1 aliphatic carbocycles. The van der Waals surface area contributed by atoms with Gasteiger partial charge >= 0.3 is 0 Å². The predicted octanol–water partition coefficient (Wildman–Crippen LogP) is 4.68. The van der Waals surface area contributed by atoms with Crippen molar-refractivity contribution in [2.75, 3.05) is 20.8 Å². The molecule has 8 heteroatoms. The zero-order valence-electron chi connectivity index (χ0n) is 18.8. The summed E-state index contributed by atoms with van der Waals surface area (Å²) in [5.74, 6) is 2.02. The molecule has 1 fully saturated rings. The minimum Gasteiger partial charge on any atom is -0.496 e. The lowest BCUT2D eigenvalue weighted by atomic mass is 10.1. The van der Waals surface area contributed by atoms with Crippen molar-refractivity contribution in [2.45, 2.75) is 46.2 Å². The molecule has 1 aliphatic rings. The normalized spacial score (nSPS) is 14.5. The smallest absolute Gasteiger partial charge is 0.191 e. The first-order chi connectivity index (χ1) is 14.4. The van der Waals surface area contributed by atoms with Gasteiger partial charge in [-0.05, 0) is 57.2 Å². The van der Waals surface area contributed by atoms with E-state index in [1.807, 2.05) is 26.8 Å². The number of rotatable bonds is 8. The molecule has 1 atom stereocenters. The molecule has 2 N–H and O–H groups in total. The average Bonchev–Trinajstić information content (AvgIpc) is 3.56. The SMILES string of the molecule is CN=C(NCc1ncc(C)c(OC)c1C)NC(C)c1ccc(OCC2CC2)c(F)c1.I. The molecule has 31 heavy (non-hydrogen) atoms. The van der Waals surface area contributed by atoms with Gasteiger partial charge in [0.15, 0.2) is 17.5 Å². The Kier molecular flexibility index (Phi) is 9.33. The Morgan fingerprint density at radius 1 is 1.32 bits per heavy atom. The van der Waals surface area contributed by atoms with E-state index in [2.05, 4.69) is 20.6 Å². The number of guanidine groups is 1. The Morgan fingerprint density at radius 3 is 2.68 bits per heavy atom. The fraction of sp³-hybridized carbons (Fsp3) is 0.478. The number of methoxy groups -OCH3 is 1. The molecule has 0 amide bonds. The Balaban J connectivity index is 0.00000341. The number of aromatic nitrogens is 1. The second-order valence-corrected chi connectivity index (χ2v) is 7.78. The zero-order valence-corrected chi connectivity index (χ0v) is 21.1. The summed E-state index contributed by atoms with van der Waals surface area (Å²) in [7, 11) is 3.36. The highest BCUT2D eigenvalue weighted by molar-refractivity contribution is 14.0. The van der Waals surface area contributed by atoms with E-state index in [4.69, 9.17) is 9.47 Å². The third kappa shape index (κ3) is 6.69. The van der Waals surface area contributed by atoms with E-state index >= 15 is 0 Å². The van der Waals surface area contributed by atoms with E-state index in [0.29, 0.717) is 30.8 Å². The summed E-state index contributed by atoms with van der Waals surface area (Å²) in [5, 5.41) is 6.56. The summed E-state index contributed by atoms with van der Waals surface area (Å²) in [5.41, 5.74) is 3.70. The molecule has 3 rings (SSSR count). The molecule has 1 saturated carbocycles. The van der Waals surface area contributed by atoms with Crippen LogP contribution in [0.5, 0.6) is 11.5 Å². The zero-order chi connectivity index (χ0) is 21.7. The summed E-state index contributed by atoms with van der Waals surface area (Å²) in [6.45, 7) is 7.02. The average molecular weight is 542 g/mol. The number of hydrogen-bond acceptors (Lipinski definition) is 4. The molecule has 0 spiro atoms. The lowest BCUT2D eigenvalue weighted by Crippen LogP contribution is -2.38. The summed E-state index contributed by atoms with van der Waals surface area (Å²) in [6.07, 6.45) is 4.16. The van der Waals surface area contributed by atoms with Crippen LogP contribution >= 0.6 is 24.0 Å². The molecule has 0 bridgehead atoms. The van der Waals surface area contributed by atoms with Crippen LogP contribution in [-0.4, -0.2) is 31.7 Å². The number of ether oxygens (including phenoxy) is 2. The molecule has 0 aliphatic heterocycles. The van der Waals surface area contributed by atoms with Gasteiger partial charge in [-0.25, -0.2) is 4.39 Å². The number of nitrogens with zero attached hydrogens (tertiary/aromatic N) is 2. The molecule has 2 aromatic rings. The van der Waals surface area contributed by atoms with Crippen molar-refractivity contribution in [1.82, 2.24) is 15.6 Å². The van der Waals surface area contributed by atoms with Crippen LogP contribution in [-0.2, 0) is 6.54 Å². The fourth-order valence-electron chi connectivity index (χ4n) is 3.30. The minimum atomic E-state index is -0.337. The summed E-state index contributed by atoms with van der Waals surface area (Å²) < 4.78 is 25.4. The number of benzene rings is 1. The van der Waals surface area contributed by atoms with Crippen LogP contribution in [0.15, 0.2) is 29.4 Å². The molecule has 0 radical (unpaired) electrons. The third-order valence-corrected chi connectivity index (χ3v) is 5.38. The Labute approximate surface area is 201 Å². The molecular formula is C23H32FIN4O2. The topological polar surface area (TPSA) is 67.8 Å². The lowest BCUT2D eigenvalue weighted by molar-refractivity contribution is 0.285. The molecule has 1 aromatic heterocycles. The number of aryl methyl sites for hydroxylation is 1. The highest BCUT2D eigenvalue weighted by Gasteiger charge is 2.22. The maximum atomic E-state index is 14.4. The van der Waals surface area contributed by atoms with Gasteiger partial charge in [-0.15, -0.1) is 24.0 Å². The number of nitrogens with one attached hydrogen (secondary N) is 2. The number of pyridine rings is 1. The second kappa shape index (κ2) is 11.5. The van der Waals surface area contributed by atoms with Gasteiger partial charge in [-0.1, -0.05) is 6.07 Å². The summed E-state index contributed by atoms with van der Waals surface area (Å²) in [6, 6.07) is 4.97. The first-order valence-electron chi connectivity index (χ1n) is 10.3. The third-order valence-electron chi connectivity index (χ3n) is 5.38. The maximum absolute atomic E-state index is 14.4. The van der Waals surface area contributed by atoms with Gasteiger partial charge in [0.25, 0.3) is 0 Å². The van der Waals surface area contributed by atoms with E-state index in [-0.39, 0.29) is 35.8 Å². The molecular weight excluding hydrogens is 510 g/mol. The van der Waals surface area contributed by atoms with Crippen molar-refractivity contribution >= 4 is 29.9 Å². The van der Waals surface area contributed by atoms with Gasteiger partial charge in [0, 0.05) is 24.4 Å². The van der Waals surface area contributed by atoms with E-state index in [0.717, 1.165) is 28.1 Å². The standard InChI is InChI=1S/C23H31FN4O2.HI/c1-14-11-26-20(15(2)22(14)29-5)12-27-23(25-4)28-16(3)18-8-9-21(19(24)10-18)30-13-17-6-7-17;/h8-11,16-17H,6-7,12-13H2,1-5H3,(H2,25,27,28);1H. The predicted molar refractivity (Wildman–Crippen MR) is 132 cm³/mol. The van der Waals surface area contributed by atoms with E-state index in [1.165, 1.54) is 18.9 Å². The van der Waals surface area contributed by atoms with Crippen LogP contribution in [0.2, 0.25) is 0 Å². The van der Waals surface area contributed by atoms with Crippen LogP contribution in [0.1, 0.15) is 48.2 Å². The first kappa shape index (κ1) is 25.2. The monoisotopic (exact) mass is 542 g/mol. The van der Waals surface area contributed by atoms with Gasteiger partial charge < -0.3 is 20.1 Å². The first-order valence-corrected chi connectivity index (χ1v) is 10.3. The Hall–Kier alpha value is -2.10. The van der Waals surface area contributed by atoms with Crippen molar-refractivity contribution in [2.24, 2.45) is 10.9 Å². The van der Waals surface area contributed by atoms with Gasteiger partial charge in [0.1, 0.15) is 5.75 Å². The van der Waals surface area contributed by atoms with E-state index < -0.39 is 0 Å². The fourth-order valence-corrected chi connectivity index (χ4v) is 3.30. The van der Waals surface area contributed by atoms with Gasteiger partial charge in [0.2, 0.25) is 0 Å². The second-order valence-electron chi connectivity index (χ2n) is 7.78. The van der Waals surface area contributed by atoms with E-state index in [1.54, 1.807) is 26.4 Å². The van der Waals surface area contributed by atoms with Crippen LogP contribution < -0.4 is 20.1 Å². The van der Waals surface area contributed by atoms with Gasteiger partial charge in [0.05, 0.1) is 32.0 Å². The molecule has 1 heterocycles. The van der Waals surface area contributed by atoms with Crippen molar-refractivity contribution in [3.63, 3.8) is 0 Å². The van der Waals surface area contributed by atoms with Crippen LogP contribution in [0.25, 0.3) is 0 Å². The Bertz CT molecular complexity index is 919. The van der Waals surface area contributed by atoms with Crippen LogP contribution in [0.3, 0.4) is 0 Å². The molecule has 6 nitrogen and oxygen atoms in total. The maximum Gasteiger partial charge on any atom is 0.191 e. The number of hydrogen-bond donors (Lipinski definition) is 2. The van der Waals surface area contributed by atoms with Crippen LogP contribution in [0, 0.1) is 25.6 Å². The quantitative estimate of drug-likeness (QED) is 0.288. The number of halogens is 2. The van der Waals surface area contributed by atoms with Crippen molar-refractivity contribution < 1.29 is 13.9 Å². The van der Waals surface area contributed by atoms with Crippen molar-refractivity contribution in [3.05, 3.63) is 52.6 Å². The molecule has 1 unspecified atom stereocenters. The number of aliphatic imine (C=N–C) groups is 1. The summed E-state index contributed by atoms with van der Waals surface area (Å²) in [4.78, 5) is 8.77. The molecule has 170 valence electrons. The van der Waals surface area contributed by atoms with Gasteiger partial charge in [-0.3, -0.25) is 9.98 Å². The minimum absolute atomic E-state index is 0. The van der Waals surface area contributed by atoms with Gasteiger partial charge in [-0.2, -0.15) is 0 Å². The van der Waals surface area contributed by atoms with Crippen molar-refractivity contribution in [3.8, 4) is 11.5 Å². The van der Waals surface area contributed by atoms with E-state index in [9.17, 15) is 4.39 Å². The molecule has 0 saturated heterocycles. The largest absolute Gasteiger partial charge is 0.496 e. The van der Waals surface area contributed by atoms with Crippen molar-refractivity contribution in [1.29, 1.82) is 0 Å². The highest BCUT2D eigenvalue weighted by atomic mass is 127.